The third-order valence-corrected chi connectivity index (χ3v) is 6.63. The number of rotatable bonds is 2. The highest BCUT2D eigenvalue weighted by molar-refractivity contribution is 8.00. The van der Waals surface area contributed by atoms with E-state index in [1.54, 1.807) is 16.7 Å². The lowest BCUT2D eigenvalue weighted by Crippen LogP contribution is -2.52. The Hall–Kier alpha value is -0.270. The Morgan fingerprint density at radius 1 is 1.26 bits per heavy atom. The highest BCUT2D eigenvalue weighted by Gasteiger charge is 2.37. The van der Waals surface area contributed by atoms with Crippen LogP contribution in [-0.4, -0.2) is 54.9 Å². The quantitative estimate of drug-likeness (QED) is 0.801. The lowest BCUT2D eigenvalue weighted by atomic mass is 9.85. The molecule has 2 aliphatic rings. The lowest BCUT2D eigenvalue weighted by molar-refractivity contribution is -0.137. The van der Waals surface area contributed by atoms with Gasteiger partial charge in [-0.2, -0.15) is 11.8 Å². The van der Waals surface area contributed by atoms with Gasteiger partial charge in [0.2, 0.25) is 5.91 Å². The van der Waals surface area contributed by atoms with Crippen molar-refractivity contribution in [3.63, 3.8) is 0 Å². The number of nitrogens with two attached hydrogens (primary N) is 1. The van der Waals surface area contributed by atoms with E-state index >= 15 is 0 Å². The Bertz CT molecular complexity index is 430. The number of sulfone groups is 1. The monoisotopic (exact) mass is 306 g/mol. The molecule has 1 aliphatic carbocycles. The molecule has 0 spiro atoms. The van der Waals surface area contributed by atoms with Crippen LogP contribution in [0.15, 0.2) is 0 Å². The maximum Gasteiger partial charge on any atom is 0.226 e. The number of thioether (sulfide) groups is 1. The molecule has 1 heterocycles. The van der Waals surface area contributed by atoms with E-state index in [9.17, 15) is 13.2 Å². The summed E-state index contributed by atoms with van der Waals surface area (Å²) in [6.45, 7) is 0.545. The minimum absolute atomic E-state index is 0.0163. The summed E-state index contributed by atoms with van der Waals surface area (Å²) in [5.74, 6) is 1.30. The zero-order valence-corrected chi connectivity index (χ0v) is 12.9. The first kappa shape index (κ1) is 15.1. The van der Waals surface area contributed by atoms with Crippen molar-refractivity contribution in [3.8, 4) is 0 Å². The van der Waals surface area contributed by atoms with Crippen LogP contribution in [0.2, 0.25) is 0 Å². The van der Waals surface area contributed by atoms with Crippen molar-refractivity contribution in [2.75, 3.05) is 24.3 Å². The summed E-state index contributed by atoms with van der Waals surface area (Å²) in [5, 5.41) is -0.644. The lowest BCUT2D eigenvalue weighted by Gasteiger charge is -2.37. The molecule has 1 unspecified atom stereocenters. The molecular formula is C12H22N2O3S2. The number of hydrogen-bond donors (Lipinski definition) is 1. The molecule has 2 N–H and O–H groups in total. The molecule has 0 aromatic carbocycles. The molecule has 7 heteroatoms. The van der Waals surface area contributed by atoms with E-state index in [0.717, 1.165) is 31.4 Å². The molecule has 1 amide bonds. The van der Waals surface area contributed by atoms with Gasteiger partial charge in [0.15, 0.2) is 9.84 Å². The van der Waals surface area contributed by atoms with Gasteiger partial charge in [0, 0.05) is 36.3 Å². The van der Waals surface area contributed by atoms with Crippen molar-refractivity contribution < 1.29 is 13.2 Å². The van der Waals surface area contributed by atoms with Crippen LogP contribution in [0.25, 0.3) is 0 Å². The summed E-state index contributed by atoms with van der Waals surface area (Å²) < 4.78 is 23.6. The highest BCUT2D eigenvalue weighted by atomic mass is 32.2. The van der Waals surface area contributed by atoms with E-state index < -0.39 is 15.2 Å². The largest absolute Gasteiger partial charge is 0.328 e. The predicted molar refractivity (Wildman–Crippen MR) is 77.6 cm³/mol. The topological polar surface area (TPSA) is 80.5 Å². The van der Waals surface area contributed by atoms with Gasteiger partial charge in [-0.1, -0.05) is 0 Å². The van der Waals surface area contributed by atoms with E-state index in [0.29, 0.717) is 12.3 Å². The first-order valence-electron chi connectivity index (χ1n) is 6.72. The Labute approximate surface area is 119 Å². The first-order valence-corrected chi connectivity index (χ1v) is 9.83. The van der Waals surface area contributed by atoms with Gasteiger partial charge in [0.1, 0.15) is 5.37 Å². The molecular weight excluding hydrogens is 284 g/mol. The summed E-state index contributed by atoms with van der Waals surface area (Å²) in [6, 6.07) is 0.201. The molecule has 0 radical (unpaired) electrons. The maximum absolute atomic E-state index is 12.5. The Morgan fingerprint density at radius 3 is 2.47 bits per heavy atom. The van der Waals surface area contributed by atoms with E-state index in [-0.39, 0.29) is 17.9 Å². The van der Waals surface area contributed by atoms with Crippen molar-refractivity contribution in [3.05, 3.63) is 0 Å². The van der Waals surface area contributed by atoms with Crippen LogP contribution in [0.1, 0.15) is 25.7 Å². The van der Waals surface area contributed by atoms with E-state index in [2.05, 4.69) is 0 Å². The van der Waals surface area contributed by atoms with Crippen molar-refractivity contribution in [2.24, 2.45) is 11.7 Å². The Balaban J connectivity index is 2.07. The van der Waals surface area contributed by atoms with Crippen LogP contribution in [0, 0.1) is 5.92 Å². The van der Waals surface area contributed by atoms with Gasteiger partial charge in [0.25, 0.3) is 0 Å². The van der Waals surface area contributed by atoms with Gasteiger partial charge < -0.3 is 10.6 Å². The van der Waals surface area contributed by atoms with Gasteiger partial charge in [0.05, 0.1) is 0 Å². The summed E-state index contributed by atoms with van der Waals surface area (Å²) >= 11 is 1.61. The summed E-state index contributed by atoms with van der Waals surface area (Å²) in [4.78, 5) is 14.1. The van der Waals surface area contributed by atoms with Crippen molar-refractivity contribution in [1.82, 2.24) is 4.90 Å². The zero-order valence-electron chi connectivity index (χ0n) is 11.2. The van der Waals surface area contributed by atoms with Crippen LogP contribution in [0.3, 0.4) is 0 Å². The van der Waals surface area contributed by atoms with Gasteiger partial charge in [-0.3, -0.25) is 4.79 Å². The number of amides is 1. The van der Waals surface area contributed by atoms with Crippen molar-refractivity contribution in [2.45, 2.75) is 37.1 Å². The van der Waals surface area contributed by atoms with Crippen LogP contribution >= 0.6 is 11.8 Å². The molecule has 1 aliphatic heterocycles. The molecule has 2 rings (SSSR count). The summed E-state index contributed by atoms with van der Waals surface area (Å²) in [7, 11) is -3.21. The highest BCUT2D eigenvalue weighted by Crippen LogP contribution is 2.28. The van der Waals surface area contributed by atoms with Crippen molar-refractivity contribution in [1.29, 1.82) is 0 Å². The summed E-state index contributed by atoms with van der Waals surface area (Å²) in [5.41, 5.74) is 5.85. The van der Waals surface area contributed by atoms with Crippen LogP contribution in [0.5, 0.6) is 0 Å². The fourth-order valence-corrected chi connectivity index (χ4v) is 5.61. The van der Waals surface area contributed by atoms with Crippen molar-refractivity contribution >= 4 is 27.5 Å². The summed E-state index contributed by atoms with van der Waals surface area (Å²) in [6.07, 6.45) is 4.53. The molecule has 5 nitrogen and oxygen atoms in total. The van der Waals surface area contributed by atoms with Crippen LogP contribution in [0.4, 0.5) is 0 Å². The predicted octanol–water partition coefficient (Wildman–Crippen LogP) is 0.450. The molecule has 110 valence electrons. The molecule has 1 saturated carbocycles. The van der Waals surface area contributed by atoms with Crippen LogP contribution < -0.4 is 5.73 Å². The molecule has 0 aromatic rings. The third-order valence-electron chi connectivity index (χ3n) is 3.98. The van der Waals surface area contributed by atoms with Gasteiger partial charge in [-0.15, -0.1) is 0 Å². The fourth-order valence-electron chi connectivity index (χ4n) is 2.79. The average Bonchev–Trinajstić information content (AvgIpc) is 2.38. The number of nitrogens with zero attached hydrogens (tertiary/aromatic N) is 1. The zero-order chi connectivity index (χ0) is 14.0. The molecule has 0 bridgehead atoms. The van der Waals surface area contributed by atoms with Gasteiger partial charge >= 0.3 is 0 Å². The average molecular weight is 306 g/mol. The van der Waals surface area contributed by atoms with E-state index in [1.807, 2.05) is 0 Å². The molecule has 1 atom stereocenters. The van der Waals surface area contributed by atoms with Gasteiger partial charge in [-0.05, 0) is 25.7 Å². The maximum atomic E-state index is 12.5. The minimum atomic E-state index is -3.21. The van der Waals surface area contributed by atoms with Crippen LogP contribution in [-0.2, 0) is 14.6 Å². The third kappa shape index (κ3) is 3.64. The second-order valence-electron chi connectivity index (χ2n) is 5.50. The van der Waals surface area contributed by atoms with E-state index in [1.165, 1.54) is 6.26 Å². The normalized spacial score (nSPS) is 33.2. The second kappa shape index (κ2) is 6.01. The molecule has 1 saturated heterocycles. The Morgan fingerprint density at radius 2 is 1.89 bits per heavy atom. The van der Waals surface area contributed by atoms with E-state index in [4.69, 9.17) is 5.73 Å². The standard InChI is InChI=1S/C12H22N2O3S2/c1-19(16,17)11-8-18-7-6-14(11)12(15)9-2-4-10(13)5-3-9/h9-11H,2-8,13H2,1H3. The Kier molecular flexibility index (Phi) is 4.79. The smallest absolute Gasteiger partial charge is 0.226 e. The van der Waals surface area contributed by atoms with Gasteiger partial charge in [-0.25, -0.2) is 8.42 Å². The molecule has 0 aromatic heterocycles. The first-order chi connectivity index (χ1) is 8.89. The number of carbonyl (C=O) groups excluding carboxylic acids is 1. The molecule has 19 heavy (non-hydrogen) atoms. The minimum Gasteiger partial charge on any atom is -0.328 e. The number of carbonyl (C=O) groups is 1. The fraction of sp³-hybridized carbons (Fsp3) is 0.917. The SMILES string of the molecule is CS(=O)(=O)C1CSCCN1C(=O)C1CCC(N)CC1. The second-order valence-corrected chi connectivity index (χ2v) is 8.86. The molecule has 2 fully saturated rings. The number of hydrogen-bond acceptors (Lipinski definition) is 5.